The third-order valence-corrected chi connectivity index (χ3v) is 8.15. The number of pyridine rings is 1. The number of rotatable bonds is 4. The summed E-state index contributed by atoms with van der Waals surface area (Å²) in [6.07, 6.45) is -0.535. The molecule has 3 heterocycles. The number of fused-ring (bicyclic) bond motifs is 1. The number of alkyl halides is 3. The quantitative estimate of drug-likeness (QED) is 0.711. The van der Waals surface area contributed by atoms with Crippen LogP contribution in [-0.4, -0.2) is 47.6 Å². The molecule has 0 aromatic carbocycles. The van der Waals surface area contributed by atoms with Gasteiger partial charge in [0.1, 0.15) is 0 Å². The van der Waals surface area contributed by atoms with Crippen molar-refractivity contribution in [2.24, 2.45) is 23.2 Å². The number of nitrogens with one attached hydrogen (secondary N) is 1. The largest absolute Gasteiger partial charge is 0.417 e. The molecule has 1 saturated carbocycles. The van der Waals surface area contributed by atoms with E-state index in [-0.39, 0.29) is 24.4 Å². The molecule has 33 heavy (non-hydrogen) atoms. The maximum absolute atomic E-state index is 13.9. The molecule has 3 aliphatic rings. The summed E-state index contributed by atoms with van der Waals surface area (Å²) in [6, 6.07) is 1.80. The Morgan fingerprint density at radius 1 is 1.27 bits per heavy atom. The molecule has 0 bridgehead atoms. The topological polar surface area (TPSA) is 54.5 Å². The second kappa shape index (κ2) is 9.17. The lowest BCUT2D eigenvalue weighted by Crippen LogP contribution is -2.52. The van der Waals surface area contributed by atoms with E-state index in [1.807, 2.05) is 0 Å². The summed E-state index contributed by atoms with van der Waals surface area (Å²) in [5.41, 5.74) is -0.0547. The van der Waals surface area contributed by atoms with Gasteiger partial charge in [-0.05, 0) is 48.6 Å². The third-order valence-electron chi connectivity index (χ3n) is 8.15. The molecule has 4 atom stereocenters. The number of hydrogen-bond donors (Lipinski definition) is 1. The van der Waals surface area contributed by atoms with Crippen LogP contribution in [0.4, 0.5) is 13.2 Å². The van der Waals surface area contributed by atoms with Crippen molar-refractivity contribution in [3.8, 4) is 0 Å². The van der Waals surface area contributed by atoms with Gasteiger partial charge in [-0.3, -0.25) is 9.78 Å². The summed E-state index contributed by atoms with van der Waals surface area (Å²) in [5.74, 6) is 1.08. The summed E-state index contributed by atoms with van der Waals surface area (Å²) in [6.45, 7) is 10.8. The van der Waals surface area contributed by atoms with Crippen LogP contribution in [0, 0.1) is 23.2 Å². The molecule has 1 aromatic heterocycles. The highest BCUT2D eigenvalue weighted by Crippen LogP contribution is 2.47. The van der Waals surface area contributed by atoms with Crippen molar-refractivity contribution < 1.29 is 22.7 Å². The van der Waals surface area contributed by atoms with Crippen LogP contribution >= 0.6 is 0 Å². The van der Waals surface area contributed by atoms with Gasteiger partial charge in [-0.1, -0.05) is 27.7 Å². The molecule has 2 aliphatic heterocycles. The molecule has 1 amide bonds. The molecule has 2 fully saturated rings. The van der Waals surface area contributed by atoms with Crippen molar-refractivity contribution in [1.29, 1.82) is 0 Å². The molecule has 0 radical (unpaired) electrons. The van der Waals surface area contributed by atoms with Crippen LogP contribution in [0.25, 0.3) is 0 Å². The fourth-order valence-corrected chi connectivity index (χ4v) is 6.06. The van der Waals surface area contributed by atoms with Gasteiger partial charge in [-0.25, -0.2) is 0 Å². The van der Waals surface area contributed by atoms with E-state index in [2.05, 4.69) is 38.0 Å². The van der Waals surface area contributed by atoms with Crippen LogP contribution in [0.2, 0.25) is 0 Å². The molecular formula is C25H36F3N3O2. The van der Waals surface area contributed by atoms with E-state index in [1.165, 1.54) is 0 Å². The first kappa shape index (κ1) is 24.5. The maximum atomic E-state index is 13.9. The maximum Gasteiger partial charge on any atom is 0.417 e. The minimum absolute atomic E-state index is 0.0814. The number of halogens is 3. The van der Waals surface area contributed by atoms with Gasteiger partial charge in [0, 0.05) is 43.5 Å². The first-order chi connectivity index (χ1) is 15.5. The molecule has 4 unspecified atom stereocenters. The average Bonchev–Trinajstić information content (AvgIpc) is 3.20. The first-order valence-electron chi connectivity index (χ1n) is 12.2. The van der Waals surface area contributed by atoms with Crippen molar-refractivity contribution in [2.45, 2.75) is 78.2 Å². The van der Waals surface area contributed by atoms with Crippen LogP contribution in [0.3, 0.4) is 0 Å². The molecule has 4 rings (SSSR count). The summed E-state index contributed by atoms with van der Waals surface area (Å²) in [5, 5.41) is 3.84. The number of carbonyl (C=O) groups excluding carboxylic acids is 1. The molecule has 1 aromatic rings. The van der Waals surface area contributed by atoms with Crippen molar-refractivity contribution in [3.63, 3.8) is 0 Å². The number of nitrogens with zero attached hydrogens (tertiary/aromatic N) is 2. The molecule has 8 heteroatoms. The highest BCUT2D eigenvalue weighted by atomic mass is 19.4. The Kier molecular flexibility index (Phi) is 6.80. The van der Waals surface area contributed by atoms with Crippen LogP contribution < -0.4 is 5.32 Å². The van der Waals surface area contributed by atoms with Gasteiger partial charge < -0.3 is 15.0 Å². The summed E-state index contributed by atoms with van der Waals surface area (Å²) in [4.78, 5) is 19.7. The minimum atomic E-state index is -4.43. The van der Waals surface area contributed by atoms with Crippen LogP contribution in [0.5, 0.6) is 0 Å². The number of amides is 1. The fourth-order valence-electron chi connectivity index (χ4n) is 6.06. The Labute approximate surface area is 194 Å². The Bertz CT molecular complexity index is 865. The first-order valence-corrected chi connectivity index (χ1v) is 12.2. The standard InChI is InChI=1S/C25H36F3N3O2/c1-15(2)24(7-5-20(10-24)30-22-16(3)13-33-14-17(22)4)23(32)31-8-6-21-18(12-31)9-19(11-29-21)25(26,27)28/h9,11,15-17,20,22,30H,5-8,10,12-14H2,1-4H3. The Morgan fingerprint density at radius 2 is 1.97 bits per heavy atom. The molecule has 184 valence electrons. The zero-order valence-corrected chi connectivity index (χ0v) is 20.0. The Hall–Kier alpha value is -1.67. The lowest BCUT2D eigenvalue weighted by molar-refractivity contribution is -0.146. The monoisotopic (exact) mass is 467 g/mol. The van der Waals surface area contributed by atoms with Crippen LogP contribution in [0.15, 0.2) is 12.3 Å². The zero-order valence-electron chi connectivity index (χ0n) is 20.0. The highest BCUT2D eigenvalue weighted by molar-refractivity contribution is 5.83. The smallest absolute Gasteiger partial charge is 0.381 e. The van der Waals surface area contributed by atoms with Gasteiger partial charge in [0.15, 0.2) is 0 Å². The van der Waals surface area contributed by atoms with Gasteiger partial charge in [-0.2, -0.15) is 13.2 Å². The highest BCUT2D eigenvalue weighted by Gasteiger charge is 2.50. The number of carbonyl (C=O) groups is 1. The van der Waals surface area contributed by atoms with Crippen LogP contribution in [0.1, 0.15) is 63.8 Å². The number of aromatic nitrogens is 1. The summed E-state index contributed by atoms with van der Waals surface area (Å²) >= 11 is 0. The van der Waals surface area contributed by atoms with Gasteiger partial charge in [-0.15, -0.1) is 0 Å². The summed E-state index contributed by atoms with van der Waals surface area (Å²) < 4.78 is 45.2. The van der Waals surface area contributed by atoms with E-state index >= 15 is 0 Å². The van der Waals surface area contributed by atoms with Crippen molar-refractivity contribution >= 4 is 5.91 Å². The van der Waals surface area contributed by atoms with Crippen LogP contribution in [-0.2, 0) is 28.7 Å². The number of ether oxygens (including phenoxy) is 1. The van der Waals surface area contributed by atoms with Crippen molar-refractivity contribution in [3.05, 3.63) is 29.1 Å². The lowest BCUT2D eigenvalue weighted by Gasteiger charge is -2.40. The summed E-state index contributed by atoms with van der Waals surface area (Å²) in [7, 11) is 0. The van der Waals surface area contributed by atoms with Gasteiger partial charge in [0.2, 0.25) is 5.91 Å². The van der Waals surface area contributed by atoms with E-state index in [4.69, 9.17) is 4.74 Å². The number of hydrogen-bond acceptors (Lipinski definition) is 4. The minimum Gasteiger partial charge on any atom is -0.381 e. The fraction of sp³-hybridized carbons (Fsp3) is 0.760. The van der Waals surface area contributed by atoms with Gasteiger partial charge >= 0.3 is 6.18 Å². The average molecular weight is 468 g/mol. The molecule has 5 nitrogen and oxygen atoms in total. The Morgan fingerprint density at radius 3 is 2.61 bits per heavy atom. The van der Waals surface area contributed by atoms with E-state index in [0.717, 1.165) is 44.7 Å². The van der Waals surface area contributed by atoms with E-state index in [0.29, 0.717) is 42.1 Å². The molecule has 1 aliphatic carbocycles. The SMILES string of the molecule is CC1COCC(C)C1NC1CCC(C(=O)N2CCc3ncc(C(F)(F)F)cc3C2)(C(C)C)C1. The van der Waals surface area contributed by atoms with Crippen molar-refractivity contribution in [1.82, 2.24) is 15.2 Å². The molecular weight excluding hydrogens is 431 g/mol. The third kappa shape index (κ3) is 4.78. The van der Waals surface area contributed by atoms with E-state index in [1.54, 1.807) is 4.90 Å². The second-order valence-electron chi connectivity index (χ2n) is 10.7. The predicted molar refractivity (Wildman–Crippen MR) is 119 cm³/mol. The van der Waals surface area contributed by atoms with E-state index < -0.39 is 17.2 Å². The molecule has 1 saturated heterocycles. The molecule has 0 spiro atoms. The van der Waals surface area contributed by atoms with E-state index in [9.17, 15) is 18.0 Å². The lowest BCUT2D eigenvalue weighted by atomic mass is 9.73. The zero-order chi connectivity index (χ0) is 24.0. The second-order valence-corrected chi connectivity index (χ2v) is 10.7. The predicted octanol–water partition coefficient (Wildman–Crippen LogP) is 4.44. The van der Waals surface area contributed by atoms with Gasteiger partial charge in [0.05, 0.1) is 24.2 Å². The Balaban J connectivity index is 1.49. The van der Waals surface area contributed by atoms with Gasteiger partial charge in [0.25, 0.3) is 0 Å². The van der Waals surface area contributed by atoms with Crippen molar-refractivity contribution in [2.75, 3.05) is 19.8 Å². The molecule has 1 N–H and O–H groups in total. The normalized spacial score (nSPS) is 32.8.